The van der Waals surface area contributed by atoms with Gasteiger partial charge in [-0.25, -0.2) is 0 Å². The zero-order valence-corrected chi connectivity index (χ0v) is 11.8. The van der Waals surface area contributed by atoms with Crippen LogP contribution >= 0.6 is 0 Å². The van der Waals surface area contributed by atoms with E-state index in [2.05, 4.69) is 30.3 Å². The Morgan fingerprint density at radius 1 is 1.11 bits per heavy atom. The molecule has 1 fully saturated rings. The number of hydrogen-bond acceptors (Lipinski definition) is 2. The number of benzene rings is 1. The first kappa shape index (κ1) is 14.1. The molecule has 104 valence electrons. The van der Waals surface area contributed by atoms with E-state index in [-0.39, 0.29) is 0 Å². The van der Waals surface area contributed by atoms with Crippen LogP contribution in [0, 0.1) is 5.92 Å². The fourth-order valence-electron chi connectivity index (χ4n) is 2.67. The summed E-state index contributed by atoms with van der Waals surface area (Å²) < 4.78 is 10.9. The summed E-state index contributed by atoms with van der Waals surface area (Å²) in [6, 6.07) is 10.4. The second kappa shape index (κ2) is 8.00. The number of hydrogen-bond donors (Lipinski definition) is 0. The fraction of sp³-hybridized carbons (Fsp3) is 0.529. The van der Waals surface area contributed by atoms with Crippen LogP contribution < -0.4 is 0 Å². The van der Waals surface area contributed by atoms with Crippen LogP contribution in [0.5, 0.6) is 0 Å². The van der Waals surface area contributed by atoms with E-state index in [9.17, 15) is 0 Å². The van der Waals surface area contributed by atoms with Gasteiger partial charge in [0.05, 0.1) is 26.1 Å². The largest absolute Gasteiger partial charge is 0.505 e. The molecule has 2 rings (SSSR count). The molecule has 0 heterocycles. The molecule has 1 aliphatic carbocycles. The van der Waals surface area contributed by atoms with E-state index >= 15 is 0 Å². The lowest BCUT2D eigenvalue weighted by molar-refractivity contribution is 0.00737. The van der Waals surface area contributed by atoms with Gasteiger partial charge in [-0.3, -0.25) is 0 Å². The third-order valence-electron chi connectivity index (χ3n) is 3.82. The van der Waals surface area contributed by atoms with Crippen LogP contribution in [-0.2, 0) is 16.1 Å². The van der Waals surface area contributed by atoms with Gasteiger partial charge in [0.25, 0.3) is 0 Å². The molecule has 1 saturated carbocycles. The van der Waals surface area contributed by atoms with Gasteiger partial charge in [0, 0.05) is 0 Å². The number of methoxy groups -OCH3 is 1. The van der Waals surface area contributed by atoms with Crippen LogP contribution in [0.15, 0.2) is 42.7 Å². The molecule has 0 radical (unpaired) electrons. The van der Waals surface area contributed by atoms with Crippen molar-refractivity contribution in [2.45, 2.75) is 44.8 Å². The first-order valence-corrected chi connectivity index (χ1v) is 7.22. The van der Waals surface area contributed by atoms with E-state index in [0.29, 0.717) is 6.10 Å². The molecule has 0 atom stereocenters. The SMILES string of the molecule is CO/C=C/CC1CCC(OCc2ccccc2)CC1. The predicted molar refractivity (Wildman–Crippen MR) is 77.7 cm³/mol. The Bertz CT molecular complexity index is 364. The van der Waals surface area contributed by atoms with Gasteiger partial charge in [0.15, 0.2) is 0 Å². The quantitative estimate of drug-likeness (QED) is 0.709. The normalized spacial score (nSPS) is 23.6. The minimum Gasteiger partial charge on any atom is -0.505 e. The van der Waals surface area contributed by atoms with Crippen molar-refractivity contribution < 1.29 is 9.47 Å². The number of ether oxygens (including phenoxy) is 2. The molecule has 2 heteroatoms. The van der Waals surface area contributed by atoms with Crippen LogP contribution in [0.3, 0.4) is 0 Å². The van der Waals surface area contributed by atoms with Crippen LogP contribution in [-0.4, -0.2) is 13.2 Å². The van der Waals surface area contributed by atoms with E-state index in [1.165, 1.54) is 31.2 Å². The fourth-order valence-corrected chi connectivity index (χ4v) is 2.67. The molecular formula is C17H24O2. The summed E-state index contributed by atoms with van der Waals surface area (Å²) in [5.41, 5.74) is 1.27. The van der Waals surface area contributed by atoms with Gasteiger partial charge in [-0.15, -0.1) is 0 Å². The van der Waals surface area contributed by atoms with E-state index in [1.54, 1.807) is 13.4 Å². The molecule has 0 N–H and O–H groups in total. The summed E-state index contributed by atoms with van der Waals surface area (Å²) >= 11 is 0. The minimum absolute atomic E-state index is 0.447. The molecule has 19 heavy (non-hydrogen) atoms. The Balaban J connectivity index is 1.65. The van der Waals surface area contributed by atoms with Crippen molar-refractivity contribution in [1.82, 2.24) is 0 Å². The van der Waals surface area contributed by atoms with E-state index in [4.69, 9.17) is 9.47 Å². The van der Waals surface area contributed by atoms with Crippen molar-refractivity contribution in [1.29, 1.82) is 0 Å². The van der Waals surface area contributed by atoms with Crippen LogP contribution in [0.2, 0.25) is 0 Å². The van der Waals surface area contributed by atoms with Gasteiger partial charge in [-0.05, 0) is 49.7 Å². The van der Waals surface area contributed by atoms with E-state index < -0.39 is 0 Å². The van der Waals surface area contributed by atoms with Crippen molar-refractivity contribution in [3.63, 3.8) is 0 Å². The summed E-state index contributed by atoms with van der Waals surface area (Å²) in [5, 5.41) is 0. The Morgan fingerprint density at radius 3 is 2.53 bits per heavy atom. The molecular weight excluding hydrogens is 236 g/mol. The summed E-state index contributed by atoms with van der Waals surface area (Å²) in [5.74, 6) is 0.808. The van der Waals surface area contributed by atoms with Crippen LogP contribution in [0.1, 0.15) is 37.7 Å². The maximum Gasteiger partial charge on any atom is 0.0784 e. The Labute approximate surface area is 116 Å². The number of allylic oxidation sites excluding steroid dienone is 1. The molecule has 1 aromatic rings. The summed E-state index contributed by atoms with van der Waals surface area (Å²) in [7, 11) is 1.70. The summed E-state index contributed by atoms with van der Waals surface area (Å²) in [4.78, 5) is 0. The Morgan fingerprint density at radius 2 is 1.84 bits per heavy atom. The Kier molecular flexibility index (Phi) is 5.96. The average molecular weight is 260 g/mol. The highest BCUT2D eigenvalue weighted by Gasteiger charge is 2.20. The molecule has 0 aromatic heterocycles. The lowest BCUT2D eigenvalue weighted by atomic mass is 9.85. The van der Waals surface area contributed by atoms with Crippen molar-refractivity contribution in [3.8, 4) is 0 Å². The van der Waals surface area contributed by atoms with Crippen molar-refractivity contribution in [3.05, 3.63) is 48.2 Å². The average Bonchev–Trinajstić information content (AvgIpc) is 2.48. The minimum atomic E-state index is 0.447. The lowest BCUT2D eigenvalue weighted by Gasteiger charge is -2.28. The van der Waals surface area contributed by atoms with Gasteiger partial charge in [-0.2, -0.15) is 0 Å². The molecule has 0 amide bonds. The molecule has 0 saturated heterocycles. The molecule has 2 nitrogen and oxygen atoms in total. The topological polar surface area (TPSA) is 18.5 Å². The van der Waals surface area contributed by atoms with E-state index in [0.717, 1.165) is 18.9 Å². The second-order valence-corrected chi connectivity index (χ2v) is 5.28. The predicted octanol–water partition coefficient (Wildman–Crippen LogP) is 4.31. The molecule has 0 bridgehead atoms. The highest BCUT2D eigenvalue weighted by atomic mass is 16.5. The third kappa shape index (κ3) is 5.07. The van der Waals surface area contributed by atoms with Crippen LogP contribution in [0.4, 0.5) is 0 Å². The maximum absolute atomic E-state index is 6.00. The monoisotopic (exact) mass is 260 g/mol. The van der Waals surface area contributed by atoms with Crippen molar-refractivity contribution in [2.75, 3.05) is 7.11 Å². The second-order valence-electron chi connectivity index (χ2n) is 5.28. The molecule has 1 aromatic carbocycles. The highest BCUT2D eigenvalue weighted by molar-refractivity contribution is 5.13. The molecule has 1 aliphatic rings. The van der Waals surface area contributed by atoms with Gasteiger partial charge >= 0.3 is 0 Å². The first-order valence-electron chi connectivity index (χ1n) is 7.22. The summed E-state index contributed by atoms with van der Waals surface area (Å²) in [6.07, 6.45) is 10.4. The molecule has 0 unspecified atom stereocenters. The maximum atomic E-state index is 6.00. The smallest absolute Gasteiger partial charge is 0.0784 e. The number of rotatable bonds is 6. The van der Waals surface area contributed by atoms with Gasteiger partial charge in [-0.1, -0.05) is 30.3 Å². The molecule has 0 aliphatic heterocycles. The van der Waals surface area contributed by atoms with E-state index in [1.807, 2.05) is 6.07 Å². The zero-order chi connectivity index (χ0) is 13.3. The van der Waals surface area contributed by atoms with Gasteiger partial charge < -0.3 is 9.47 Å². The zero-order valence-electron chi connectivity index (χ0n) is 11.8. The van der Waals surface area contributed by atoms with Gasteiger partial charge in [0.2, 0.25) is 0 Å². The Hall–Kier alpha value is -1.28. The first-order chi connectivity index (χ1) is 9.38. The highest BCUT2D eigenvalue weighted by Crippen LogP contribution is 2.29. The standard InChI is InChI=1S/C17H24O2/c1-18-13-5-8-15-9-11-17(12-10-15)19-14-16-6-3-2-4-7-16/h2-7,13,15,17H,8-12,14H2,1H3/b13-5+. The van der Waals surface area contributed by atoms with Gasteiger partial charge in [0.1, 0.15) is 0 Å². The summed E-state index contributed by atoms with van der Waals surface area (Å²) in [6.45, 7) is 0.750. The van der Waals surface area contributed by atoms with Crippen molar-refractivity contribution >= 4 is 0 Å². The van der Waals surface area contributed by atoms with Crippen molar-refractivity contribution in [2.24, 2.45) is 5.92 Å². The third-order valence-corrected chi connectivity index (χ3v) is 3.82. The molecule has 0 spiro atoms. The lowest BCUT2D eigenvalue weighted by Crippen LogP contribution is -2.21. The van der Waals surface area contributed by atoms with Crippen LogP contribution in [0.25, 0.3) is 0 Å².